The summed E-state index contributed by atoms with van der Waals surface area (Å²) < 4.78 is 14.6. The van der Waals surface area contributed by atoms with E-state index in [-0.39, 0.29) is 36.0 Å². The van der Waals surface area contributed by atoms with Crippen molar-refractivity contribution in [3.05, 3.63) is 48.0 Å². The van der Waals surface area contributed by atoms with Crippen LogP contribution in [-0.2, 0) is 0 Å². The van der Waals surface area contributed by atoms with Gasteiger partial charge in [0.05, 0.1) is 5.69 Å². The highest BCUT2D eigenvalue weighted by molar-refractivity contribution is 5.92. The van der Waals surface area contributed by atoms with Crippen LogP contribution >= 0.6 is 0 Å². The van der Waals surface area contributed by atoms with Crippen molar-refractivity contribution < 1.29 is 14.3 Å². The molecule has 21 heavy (non-hydrogen) atoms. The van der Waals surface area contributed by atoms with Gasteiger partial charge in [-0.15, -0.1) is 0 Å². The van der Waals surface area contributed by atoms with Crippen molar-refractivity contribution in [2.24, 2.45) is 5.92 Å². The molecule has 0 radical (unpaired) electrons. The lowest BCUT2D eigenvalue weighted by atomic mass is 10.1. The van der Waals surface area contributed by atoms with Crippen LogP contribution in [0, 0.1) is 11.7 Å². The van der Waals surface area contributed by atoms with E-state index >= 15 is 0 Å². The molecule has 0 spiro atoms. The maximum atomic E-state index is 13.2. The van der Waals surface area contributed by atoms with Crippen LogP contribution in [0.3, 0.4) is 0 Å². The Morgan fingerprint density at radius 3 is 2.86 bits per heavy atom. The van der Waals surface area contributed by atoms with Gasteiger partial charge in [0.15, 0.2) is 5.69 Å². The van der Waals surface area contributed by atoms with Crippen molar-refractivity contribution in [2.75, 3.05) is 6.61 Å². The summed E-state index contributed by atoms with van der Waals surface area (Å²) in [5, 5.41) is 16.0. The lowest BCUT2D eigenvalue weighted by molar-refractivity contribution is 0.0911. The average molecular weight is 291 g/mol. The molecule has 5 nitrogen and oxygen atoms in total. The summed E-state index contributed by atoms with van der Waals surface area (Å²) in [5.74, 6) is -0.725. The second-order valence-electron chi connectivity index (χ2n) is 5.05. The zero-order valence-electron chi connectivity index (χ0n) is 12.0. The molecule has 0 saturated carbocycles. The molecule has 112 valence electrons. The Kier molecular flexibility index (Phi) is 4.70. The Morgan fingerprint density at radius 1 is 1.43 bits per heavy atom. The van der Waals surface area contributed by atoms with Crippen LogP contribution < -0.4 is 5.32 Å². The number of carbonyl (C=O) groups excluding carboxylic acids is 1. The van der Waals surface area contributed by atoms with Crippen molar-refractivity contribution in [2.45, 2.75) is 19.9 Å². The molecule has 2 aromatic rings. The molecular formula is C15H18FN3O2. The third-order valence-corrected chi connectivity index (χ3v) is 3.39. The third-order valence-electron chi connectivity index (χ3n) is 3.39. The van der Waals surface area contributed by atoms with Crippen LogP contribution in [0.4, 0.5) is 4.39 Å². The maximum absolute atomic E-state index is 13.2. The molecule has 1 aromatic carbocycles. The summed E-state index contributed by atoms with van der Waals surface area (Å²) in [7, 11) is 0. The molecule has 0 bridgehead atoms. The fraction of sp³-hybridized carbons (Fsp3) is 0.333. The standard InChI is InChI=1S/C15H18FN3O2/c1-10(9-20)11(2)17-15(21)14-6-7-19(18-14)13-5-3-4-12(16)8-13/h3-8,10-11,20H,9H2,1-2H3,(H,17,21). The van der Waals surface area contributed by atoms with Crippen molar-refractivity contribution >= 4 is 5.91 Å². The summed E-state index contributed by atoms with van der Waals surface area (Å²) in [6, 6.07) is 7.37. The van der Waals surface area contributed by atoms with Crippen LogP contribution in [0.1, 0.15) is 24.3 Å². The molecule has 2 unspecified atom stereocenters. The van der Waals surface area contributed by atoms with Gasteiger partial charge in [-0.05, 0) is 37.1 Å². The lowest BCUT2D eigenvalue weighted by Gasteiger charge is -2.18. The summed E-state index contributed by atoms with van der Waals surface area (Å²) >= 11 is 0. The number of benzene rings is 1. The molecule has 2 N–H and O–H groups in total. The topological polar surface area (TPSA) is 67.2 Å². The molecule has 1 aromatic heterocycles. The first kappa shape index (κ1) is 15.2. The van der Waals surface area contributed by atoms with E-state index in [0.29, 0.717) is 5.69 Å². The van der Waals surface area contributed by atoms with Crippen LogP contribution in [0.5, 0.6) is 0 Å². The molecule has 0 aliphatic carbocycles. The Labute approximate surface area is 122 Å². The summed E-state index contributed by atoms with van der Waals surface area (Å²) in [6.45, 7) is 3.66. The number of amides is 1. The van der Waals surface area contributed by atoms with Gasteiger partial charge in [0, 0.05) is 18.8 Å². The van der Waals surface area contributed by atoms with Crippen molar-refractivity contribution in [1.82, 2.24) is 15.1 Å². The number of halogens is 1. The highest BCUT2D eigenvalue weighted by atomic mass is 19.1. The molecule has 1 heterocycles. The number of aromatic nitrogens is 2. The number of aliphatic hydroxyl groups excluding tert-OH is 1. The van der Waals surface area contributed by atoms with E-state index < -0.39 is 0 Å². The van der Waals surface area contributed by atoms with Gasteiger partial charge in [0.2, 0.25) is 0 Å². The van der Waals surface area contributed by atoms with Gasteiger partial charge in [-0.2, -0.15) is 5.10 Å². The minimum absolute atomic E-state index is 0.000814. The fourth-order valence-electron chi connectivity index (χ4n) is 1.79. The number of hydrogen-bond donors (Lipinski definition) is 2. The van der Waals surface area contributed by atoms with Gasteiger partial charge < -0.3 is 10.4 Å². The first-order chi connectivity index (χ1) is 10.0. The minimum Gasteiger partial charge on any atom is -0.396 e. The monoisotopic (exact) mass is 291 g/mol. The van der Waals surface area contributed by atoms with Gasteiger partial charge in [0.25, 0.3) is 5.91 Å². The van der Waals surface area contributed by atoms with Gasteiger partial charge >= 0.3 is 0 Å². The van der Waals surface area contributed by atoms with E-state index in [1.54, 1.807) is 24.4 Å². The third kappa shape index (κ3) is 3.66. The Morgan fingerprint density at radius 2 is 2.19 bits per heavy atom. The van der Waals surface area contributed by atoms with E-state index in [1.807, 2.05) is 13.8 Å². The molecule has 0 aliphatic rings. The summed E-state index contributed by atoms with van der Waals surface area (Å²) in [6.07, 6.45) is 1.60. The molecule has 0 saturated heterocycles. The SMILES string of the molecule is CC(CO)C(C)NC(=O)c1ccn(-c2cccc(F)c2)n1. The fourth-order valence-corrected chi connectivity index (χ4v) is 1.79. The van der Waals surface area contributed by atoms with Crippen LogP contribution in [0.25, 0.3) is 5.69 Å². The first-order valence-corrected chi connectivity index (χ1v) is 6.74. The number of carbonyl (C=O) groups is 1. The second kappa shape index (κ2) is 6.49. The van der Waals surface area contributed by atoms with Gasteiger partial charge in [-0.25, -0.2) is 9.07 Å². The van der Waals surface area contributed by atoms with E-state index in [0.717, 1.165) is 0 Å². The Bertz CT molecular complexity index is 627. The van der Waals surface area contributed by atoms with Crippen molar-refractivity contribution in [3.63, 3.8) is 0 Å². The van der Waals surface area contributed by atoms with Crippen LogP contribution in [-0.4, -0.2) is 33.4 Å². The van der Waals surface area contributed by atoms with Crippen molar-refractivity contribution in [3.8, 4) is 5.69 Å². The quantitative estimate of drug-likeness (QED) is 0.882. The Hall–Kier alpha value is -2.21. The van der Waals surface area contributed by atoms with E-state index in [9.17, 15) is 9.18 Å². The molecular weight excluding hydrogens is 273 g/mol. The molecule has 6 heteroatoms. The summed E-state index contributed by atoms with van der Waals surface area (Å²) in [4.78, 5) is 12.0. The number of nitrogens with zero attached hydrogens (tertiary/aromatic N) is 2. The van der Waals surface area contributed by atoms with E-state index in [2.05, 4.69) is 10.4 Å². The van der Waals surface area contributed by atoms with Crippen LogP contribution in [0.2, 0.25) is 0 Å². The molecule has 1 amide bonds. The molecule has 0 aliphatic heterocycles. The molecule has 0 fully saturated rings. The minimum atomic E-state index is -0.362. The smallest absolute Gasteiger partial charge is 0.272 e. The first-order valence-electron chi connectivity index (χ1n) is 6.74. The normalized spacial score (nSPS) is 13.7. The number of rotatable bonds is 5. The van der Waals surface area contributed by atoms with Crippen molar-refractivity contribution in [1.29, 1.82) is 0 Å². The average Bonchev–Trinajstić information content (AvgIpc) is 2.96. The predicted octanol–water partition coefficient (Wildman–Crippen LogP) is 1.76. The Balaban J connectivity index is 2.11. The largest absolute Gasteiger partial charge is 0.396 e. The zero-order chi connectivity index (χ0) is 15.4. The van der Waals surface area contributed by atoms with Crippen LogP contribution in [0.15, 0.2) is 36.5 Å². The number of aliphatic hydroxyl groups is 1. The number of nitrogens with one attached hydrogen (secondary N) is 1. The van der Waals surface area contributed by atoms with E-state index in [1.165, 1.54) is 16.8 Å². The highest BCUT2D eigenvalue weighted by Crippen LogP contribution is 2.10. The van der Waals surface area contributed by atoms with Gasteiger partial charge in [-0.1, -0.05) is 13.0 Å². The van der Waals surface area contributed by atoms with Gasteiger partial charge in [-0.3, -0.25) is 4.79 Å². The zero-order valence-corrected chi connectivity index (χ0v) is 12.0. The number of hydrogen-bond acceptors (Lipinski definition) is 3. The molecule has 2 rings (SSSR count). The maximum Gasteiger partial charge on any atom is 0.272 e. The molecule has 2 atom stereocenters. The highest BCUT2D eigenvalue weighted by Gasteiger charge is 2.17. The van der Waals surface area contributed by atoms with Gasteiger partial charge in [0.1, 0.15) is 5.82 Å². The summed E-state index contributed by atoms with van der Waals surface area (Å²) in [5.41, 5.74) is 0.794. The second-order valence-corrected chi connectivity index (χ2v) is 5.05. The predicted molar refractivity (Wildman–Crippen MR) is 76.7 cm³/mol. The van der Waals surface area contributed by atoms with E-state index in [4.69, 9.17) is 5.11 Å². The lowest BCUT2D eigenvalue weighted by Crippen LogP contribution is -2.38.